The van der Waals surface area contributed by atoms with Gasteiger partial charge in [0.15, 0.2) is 5.96 Å². The van der Waals surface area contributed by atoms with Crippen LogP contribution in [-0.4, -0.2) is 29.5 Å². The molecule has 2 unspecified atom stereocenters. The van der Waals surface area contributed by atoms with E-state index < -0.39 is 0 Å². The highest BCUT2D eigenvalue weighted by molar-refractivity contribution is 14.0. The molecule has 6 heteroatoms. The molecule has 0 saturated heterocycles. The molecule has 0 aromatic heterocycles. The van der Waals surface area contributed by atoms with Crippen LogP contribution in [0.15, 0.2) is 29.3 Å². The summed E-state index contributed by atoms with van der Waals surface area (Å²) in [6.45, 7) is 5.77. The predicted octanol–water partition coefficient (Wildman–Crippen LogP) is 4.30. The Labute approximate surface area is 173 Å². The van der Waals surface area contributed by atoms with Crippen molar-refractivity contribution < 1.29 is 0 Å². The smallest absolute Gasteiger partial charge is 0.191 e. The summed E-state index contributed by atoms with van der Waals surface area (Å²) in [6, 6.07) is 10.3. The van der Waals surface area contributed by atoms with Gasteiger partial charge in [0.1, 0.15) is 0 Å². The number of halogens is 1. The molecule has 2 rings (SSSR count). The molecule has 138 valence electrons. The standard InChI is InChI=1S/C19H28N4S.HI/c1-3-21-19(22-14-16-8-5-7-15(11-16)13-20)23-17-9-6-10-18(12-17)24-4-2;/h5,7-8,11,17-18H,3-4,6,9-10,12,14H2,1-2H3,(H2,21,22,23);1H. The second kappa shape index (κ2) is 12.4. The molecule has 0 radical (unpaired) electrons. The van der Waals surface area contributed by atoms with Gasteiger partial charge < -0.3 is 10.6 Å². The first-order chi connectivity index (χ1) is 11.7. The van der Waals surface area contributed by atoms with E-state index >= 15 is 0 Å². The van der Waals surface area contributed by atoms with Crippen molar-refractivity contribution in [2.24, 2.45) is 4.99 Å². The molecule has 1 aromatic rings. The molecule has 0 bridgehead atoms. The summed E-state index contributed by atoms with van der Waals surface area (Å²) >= 11 is 2.08. The van der Waals surface area contributed by atoms with Crippen LogP contribution in [0.3, 0.4) is 0 Å². The third-order valence-electron chi connectivity index (χ3n) is 4.19. The number of benzene rings is 1. The third-order valence-corrected chi connectivity index (χ3v) is 5.42. The number of rotatable bonds is 6. The van der Waals surface area contributed by atoms with E-state index in [2.05, 4.69) is 42.3 Å². The van der Waals surface area contributed by atoms with Crippen LogP contribution in [0.1, 0.15) is 50.7 Å². The minimum Gasteiger partial charge on any atom is -0.357 e. The van der Waals surface area contributed by atoms with Crippen molar-refractivity contribution in [2.75, 3.05) is 12.3 Å². The topological polar surface area (TPSA) is 60.2 Å². The van der Waals surface area contributed by atoms with Gasteiger partial charge in [-0.25, -0.2) is 4.99 Å². The number of nitrogens with zero attached hydrogens (tertiary/aromatic N) is 2. The maximum atomic E-state index is 9.00. The van der Waals surface area contributed by atoms with Gasteiger partial charge in [-0.1, -0.05) is 25.5 Å². The van der Waals surface area contributed by atoms with Gasteiger partial charge in [0.05, 0.1) is 18.2 Å². The monoisotopic (exact) mass is 472 g/mol. The fourth-order valence-electron chi connectivity index (χ4n) is 3.09. The molecule has 1 aliphatic carbocycles. The largest absolute Gasteiger partial charge is 0.357 e. The summed E-state index contributed by atoms with van der Waals surface area (Å²) in [5.41, 5.74) is 1.75. The van der Waals surface area contributed by atoms with E-state index in [-0.39, 0.29) is 24.0 Å². The third kappa shape index (κ3) is 7.87. The van der Waals surface area contributed by atoms with Gasteiger partial charge in [0.2, 0.25) is 0 Å². The van der Waals surface area contributed by atoms with Crippen molar-refractivity contribution in [1.29, 1.82) is 5.26 Å². The number of hydrogen-bond donors (Lipinski definition) is 2. The van der Waals surface area contributed by atoms with Crippen LogP contribution >= 0.6 is 35.7 Å². The Kier molecular flexibility index (Phi) is 11.0. The van der Waals surface area contributed by atoms with Crippen LogP contribution in [-0.2, 0) is 6.54 Å². The normalized spacial score (nSPS) is 20.3. The van der Waals surface area contributed by atoms with Gasteiger partial charge in [-0.15, -0.1) is 24.0 Å². The molecule has 0 aliphatic heterocycles. The number of aliphatic imine (C=N–C) groups is 1. The molecule has 1 aromatic carbocycles. The first-order valence-corrected chi connectivity index (χ1v) is 9.95. The number of nitriles is 1. The molecule has 1 saturated carbocycles. The van der Waals surface area contributed by atoms with Crippen LogP contribution in [0.25, 0.3) is 0 Å². The molecule has 4 nitrogen and oxygen atoms in total. The Bertz CT molecular complexity index is 583. The van der Waals surface area contributed by atoms with Crippen molar-refractivity contribution in [2.45, 2.75) is 57.4 Å². The molecule has 1 aliphatic rings. The van der Waals surface area contributed by atoms with Gasteiger partial charge >= 0.3 is 0 Å². The zero-order valence-electron chi connectivity index (χ0n) is 15.1. The maximum Gasteiger partial charge on any atom is 0.191 e. The lowest BCUT2D eigenvalue weighted by Gasteiger charge is -2.30. The predicted molar refractivity (Wildman–Crippen MR) is 119 cm³/mol. The van der Waals surface area contributed by atoms with Crippen LogP contribution < -0.4 is 10.6 Å². The average Bonchev–Trinajstić information content (AvgIpc) is 2.61. The summed E-state index contributed by atoms with van der Waals surface area (Å²) in [7, 11) is 0. The molecule has 25 heavy (non-hydrogen) atoms. The Balaban J connectivity index is 0.00000312. The summed E-state index contributed by atoms with van der Waals surface area (Å²) in [5.74, 6) is 2.08. The highest BCUT2D eigenvalue weighted by Crippen LogP contribution is 2.28. The first kappa shape index (κ1) is 22.1. The maximum absolute atomic E-state index is 9.00. The van der Waals surface area contributed by atoms with E-state index in [1.165, 1.54) is 31.4 Å². The van der Waals surface area contributed by atoms with Gasteiger partial charge in [0, 0.05) is 17.8 Å². The minimum atomic E-state index is 0. The molecule has 2 N–H and O–H groups in total. The number of nitrogens with one attached hydrogen (secondary N) is 2. The van der Waals surface area contributed by atoms with Gasteiger partial charge in [0.25, 0.3) is 0 Å². The zero-order valence-corrected chi connectivity index (χ0v) is 18.3. The number of hydrogen-bond acceptors (Lipinski definition) is 3. The van der Waals surface area contributed by atoms with Crippen molar-refractivity contribution in [3.8, 4) is 6.07 Å². The van der Waals surface area contributed by atoms with E-state index in [0.29, 0.717) is 18.2 Å². The Morgan fingerprint density at radius 2 is 2.20 bits per heavy atom. The number of guanidine groups is 1. The van der Waals surface area contributed by atoms with E-state index in [1.807, 2.05) is 24.3 Å². The second-order valence-electron chi connectivity index (χ2n) is 6.09. The number of thioether (sulfide) groups is 1. The van der Waals surface area contributed by atoms with Crippen LogP contribution in [0.4, 0.5) is 0 Å². The van der Waals surface area contributed by atoms with Crippen LogP contribution in [0.2, 0.25) is 0 Å². The highest BCUT2D eigenvalue weighted by Gasteiger charge is 2.22. The Hall–Kier alpha value is -0.940. The molecule has 2 atom stereocenters. The van der Waals surface area contributed by atoms with Gasteiger partial charge in [-0.05, 0) is 49.6 Å². The average molecular weight is 472 g/mol. The minimum absolute atomic E-state index is 0. The lowest BCUT2D eigenvalue weighted by atomic mass is 9.95. The molecule has 0 heterocycles. The van der Waals surface area contributed by atoms with Gasteiger partial charge in [-0.3, -0.25) is 0 Å². The Morgan fingerprint density at radius 1 is 1.36 bits per heavy atom. The van der Waals surface area contributed by atoms with Gasteiger partial charge in [-0.2, -0.15) is 17.0 Å². The highest BCUT2D eigenvalue weighted by atomic mass is 127. The summed E-state index contributed by atoms with van der Waals surface area (Å²) < 4.78 is 0. The lowest BCUT2D eigenvalue weighted by molar-refractivity contribution is 0.419. The summed E-state index contributed by atoms with van der Waals surface area (Å²) in [4.78, 5) is 4.70. The first-order valence-electron chi connectivity index (χ1n) is 8.90. The van der Waals surface area contributed by atoms with E-state index in [0.717, 1.165) is 23.3 Å². The van der Waals surface area contributed by atoms with Crippen molar-refractivity contribution in [1.82, 2.24) is 10.6 Å². The second-order valence-corrected chi connectivity index (χ2v) is 7.67. The molecule has 0 spiro atoms. The molecule has 1 fully saturated rings. The Morgan fingerprint density at radius 3 is 2.92 bits per heavy atom. The lowest BCUT2D eigenvalue weighted by Crippen LogP contribution is -2.45. The SMILES string of the molecule is CCNC(=NCc1cccc(C#N)c1)NC1CCCC(SCC)C1.I. The fourth-order valence-corrected chi connectivity index (χ4v) is 4.26. The van der Waals surface area contributed by atoms with Crippen LogP contribution in [0, 0.1) is 11.3 Å². The molecule has 0 amide bonds. The van der Waals surface area contributed by atoms with Crippen LogP contribution in [0.5, 0.6) is 0 Å². The van der Waals surface area contributed by atoms with E-state index in [1.54, 1.807) is 0 Å². The van der Waals surface area contributed by atoms with E-state index in [4.69, 9.17) is 10.3 Å². The quantitative estimate of drug-likeness (QED) is 0.368. The van der Waals surface area contributed by atoms with Crippen molar-refractivity contribution >= 4 is 41.7 Å². The molecular formula is C19H29IN4S. The molecular weight excluding hydrogens is 443 g/mol. The zero-order chi connectivity index (χ0) is 17.2. The van der Waals surface area contributed by atoms with Crippen molar-refractivity contribution in [3.05, 3.63) is 35.4 Å². The summed E-state index contributed by atoms with van der Waals surface area (Å²) in [6.07, 6.45) is 5.06. The van der Waals surface area contributed by atoms with Crippen molar-refractivity contribution in [3.63, 3.8) is 0 Å². The van der Waals surface area contributed by atoms with E-state index in [9.17, 15) is 0 Å². The summed E-state index contributed by atoms with van der Waals surface area (Å²) in [5, 5.41) is 16.7. The fraction of sp³-hybridized carbons (Fsp3) is 0.579.